The van der Waals surface area contributed by atoms with Crippen molar-refractivity contribution in [1.82, 2.24) is 25.4 Å². The third kappa shape index (κ3) is 5.90. The lowest BCUT2D eigenvalue weighted by Gasteiger charge is -2.53. The van der Waals surface area contributed by atoms with E-state index < -0.39 is 28.7 Å². The quantitative estimate of drug-likeness (QED) is 0.105. The molecule has 3 atom stereocenters. The zero-order valence-corrected chi connectivity index (χ0v) is 25.1. The minimum absolute atomic E-state index is 0.0176. The molecule has 40 heavy (non-hydrogen) atoms. The zero-order chi connectivity index (χ0) is 28.4. The summed E-state index contributed by atoms with van der Waals surface area (Å²) in [6.45, 7) is -0.0259. The highest BCUT2D eigenvalue weighted by atomic mass is 79.9. The Hall–Kier alpha value is -2.93. The fraction of sp³-hybridized carbons (Fsp3) is 0.318. The molecular formula is C22H20BrN7O6S4. The van der Waals surface area contributed by atoms with Crippen LogP contribution in [0.2, 0.25) is 0 Å². The number of carbonyl (C=O) groups excluding carboxylic acids is 2. The smallest absolute Gasteiger partial charge is 0.313 e. The molecule has 0 saturated carbocycles. The number of carbonyl (C=O) groups is 3. The van der Waals surface area contributed by atoms with E-state index in [4.69, 9.17) is 10.6 Å². The maximum absolute atomic E-state index is 13.3. The molecule has 2 fully saturated rings. The molecule has 0 spiro atoms. The number of rotatable bonds is 10. The summed E-state index contributed by atoms with van der Waals surface area (Å²) >= 11 is 8.23. The lowest BCUT2D eigenvalue weighted by Crippen LogP contribution is -2.74. The number of aliphatic carboxylic acids is 1. The summed E-state index contributed by atoms with van der Waals surface area (Å²) in [4.78, 5) is 49.5. The largest absolute Gasteiger partial charge is 0.507 e. The van der Waals surface area contributed by atoms with Crippen LogP contribution in [0.5, 0.6) is 5.75 Å². The summed E-state index contributed by atoms with van der Waals surface area (Å²) in [7, 11) is 0. The summed E-state index contributed by atoms with van der Waals surface area (Å²) in [6.07, 6.45) is 0. The Morgan fingerprint density at radius 2 is 2.20 bits per heavy atom. The molecule has 2 amide bonds. The molecule has 1 aromatic carbocycles. The number of nitrogens with two attached hydrogens (primary N) is 1. The van der Waals surface area contributed by atoms with E-state index in [0.717, 1.165) is 11.3 Å². The summed E-state index contributed by atoms with van der Waals surface area (Å²) < 4.78 is 1.18. The van der Waals surface area contributed by atoms with Gasteiger partial charge in [0, 0.05) is 23.4 Å². The van der Waals surface area contributed by atoms with E-state index in [1.807, 2.05) is 0 Å². The number of nitrogens with zero attached hydrogens (tertiary/aromatic N) is 5. The second-order valence-electron chi connectivity index (χ2n) is 8.77. The van der Waals surface area contributed by atoms with E-state index >= 15 is 0 Å². The SMILES string of the molecule is Nc1nc(C(=NOCc2ccc(Br)c(O)c2)C(=O)NC2C(=O)N3CC(CSc4nncs4)(C(=O)O)CS[C@H]23)cs1. The number of amides is 2. The van der Waals surface area contributed by atoms with E-state index in [2.05, 4.69) is 41.6 Å². The molecular weight excluding hydrogens is 666 g/mol. The number of halogens is 1. The van der Waals surface area contributed by atoms with Crippen molar-refractivity contribution in [1.29, 1.82) is 0 Å². The standard InChI is InChI=1S/C22H20BrN7O6S4/c23-11-2-1-10(3-13(11)31)4-36-29-14(12-5-37-20(24)26-12)16(32)27-15-17(33)30-6-22(19(34)35,7-38-18(15)30)8-39-21-28-25-9-40-21/h1-3,5,9,15,18,31H,4,6-8H2,(H2,24,26)(H,27,32)(H,34,35)/t15?,18-,22?/m1/s1. The molecule has 2 aliphatic heterocycles. The third-order valence-electron chi connectivity index (χ3n) is 6.07. The normalized spacial score (nSPS) is 22.4. The van der Waals surface area contributed by atoms with Crippen LogP contribution in [0.1, 0.15) is 11.3 Å². The maximum atomic E-state index is 13.3. The van der Waals surface area contributed by atoms with E-state index in [-0.39, 0.29) is 52.9 Å². The molecule has 2 saturated heterocycles. The van der Waals surface area contributed by atoms with E-state index in [0.29, 0.717) is 14.4 Å². The molecule has 210 valence electrons. The number of benzene rings is 1. The average molecular weight is 687 g/mol. The number of hydrogen-bond donors (Lipinski definition) is 4. The van der Waals surface area contributed by atoms with Gasteiger partial charge in [-0.15, -0.1) is 33.3 Å². The number of fused-ring (bicyclic) bond motifs is 1. The van der Waals surface area contributed by atoms with Crippen LogP contribution in [0, 0.1) is 5.41 Å². The van der Waals surface area contributed by atoms with Gasteiger partial charge in [-0.25, -0.2) is 4.98 Å². The predicted molar refractivity (Wildman–Crippen MR) is 154 cm³/mol. The molecule has 13 nitrogen and oxygen atoms in total. The Balaban J connectivity index is 1.25. The van der Waals surface area contributed by atoms with Gasteiger partial charge < -0.3 is 31.0 Å². The van der Waals surface area contributed by atoms with Crippen molar-refractivity contribution in [2.75, 3.05) is 23.8 Å². The summed E-state index contributed by atoms with van der Waals surface area (Å²) in [5, 5.41) is 35.6. The van der Waals surface area contributed by atoms with Crippen molar-refractivity contribution < 1.29 is 29.4 Å². The van der Waals surface area contributed by atoms with Crippen LogP contribution in [-0.4, -0.2) is 83.3 Å². The van der Waals surface area contributed by atoms with Gasteiger partial charge in [-0.2, -0.15) is 0 Å². The Labute approximate surface area is 251 Å². The first kappa shape index (κ1) is 28.6. The average Bonchev–Trinajstić information content (AvgIpc) is 3.62. The van der Waals surface area contributed by atoms with Gasteiger partial charge in [-0.05, 0) is 33.6 Å². The molecule has 5 N–H and O–H groups in total. The Bertz CT molecular complexity index is 1470. The van der Waals surface area contributed by atoms with Gasteiger partial charge in [0.25, 0.3) is 5.91 Å². The first-order valence-electron chi connectivity index (χ1n) is 11.4. The van der Waals surface area contributed by atoms with E-state index in [9.17, 15) is 24.6 Å². The van der Waals surface area contributed by atoms with Gasteiger partial charge in [-0.1, -0.05) is 34.3 Å². The molecule has 2 unspecified atom stereocenters. The number of nitrogen functional groups attached to an aromatic ring is 1. The van der Waals surface area contributed by atoms with Crippen molar-refractivity contribution in [3.05, 3.63) is 44.8 Å². The minimum Gasteiger partial charge on any atom is -0.507 e. The van der Waals surface area contributed by atoms with Crippen LogP contribution >= 0.6 is 62.1 Å². The van der Waals surface area contributed by atoms with Crippen LogP contribution in [0.15, 0.2) is 43.1 Å². The molecule has 4 heterocycles. The number of aromatic hydroxyl groups is 1. The zero-order valence-electron chi connectivity index (χ0n) is 20.2. The van der Waals surface area contributed by atoms with Crippen LogP contribution in [-0.2, 0) is 25.8 Å². The van der Waals surface area contributed by atoms with Crippen LogP contribution < -0.4 is 11.1 Å². The number of oxime groups is 1. The number of aromatic nitrogens is 3. The fourth-order valence-corrected chi connectivity index (χ4v) is 8.11. The van der Waals surface area contributed by atoms with Crippen LogP contribution in [0.25, 0.3) is 0 Å². The maximum Gasteiger partial charge on any atom is 0.313 e. The number of phenols is 1. The topological polar surface area (TPSA) is 193 Å². The van der Waals surface area contributed by atoms with Crippen molar-refractivity contribution in [3.63, 3.8) is 0 Å². The number of carboxylic acid groups (broad SMARTS) is 1. The number of hydrogen-bond acceptors (Lipinski definition) is 14. The van der Waals surface area contributed by atoms with Crippen molar-refractivity contribution in [3.8, 4) is 5.75 Å². The first-order chi connectivity index (χ1) is 19.2. The number of thioether (sulfide) groups is 2. The summed E-state index contributed by atoms with van der Waals surface area (Å²) in [5.74, 6) is -1.57. The number of thiazole rings is 1. The monoisotopic (exact) mass is 685 g/mol. The van der Waals surface area contributed by atoms with Gasteiger partial charge in [-0.3, -0.25) is 14.4 Å². The molecule has 18 heteroatoms. The Morgan fingerprint density at radius 1 is 1.38 bits per heavy atom. The number of phenolic OH excluding ortho intramolecular Hbond substituents is 1. The number of β-lactam (4-membered cyclic amide) rings is 1. The molecule has 3 aromatic rings. The molecule has 5 rings (SSSR count). The number of anilines is 1. The van der Waals surface area contributed by atoms with Crippen molar-refractivity contribution in [2.45, 2.75) is 22.4 Å². The highest BCUT2D eigenvalue weighted by molar-refractivity contribution is 9.10. The first-order valence-corrected chi connectivity index (χ1v) is 16.0. The lowest BCUT2D eigenvalue weighted by molar-refractivity contribution is -0.157. The number of carboxylic acids is 1. The van der Waals surface area contributed by atoms with Gasteiger partial charge in [0.05, 0.1) is 4.47 Å². The minimum atomic E-state index is -1.16. The number of nitrogens with one attached hydrogen (secondary N) is 1. The molecule has 0 bridgehead atoms. The van der Waals surface area contributed by atoms with Crippen molar-refractivity contribution in [2.24, 2.45) is 10.6 Å². The fourth-order valence-electron chi connectivity index (χ4n) is 3.96. The molecule has 2 aromatic heterocycles. The Morgan fingerprint density at radius 3 is 2.88 bits per heavy atom. The molecule has 0 aliphatic carbocycles. The highest BCUT2D eigenvalue weighted by Crippen LogP contribution is 2.44. The van der Waals surface area contributed by atoms with Gasteiger partial charge >= 0.3 is 5.97 Å². The van der Waals surface area contributed by atoms with Crippen molar-refractivity contribution >= 4 is 90.8 Å². The second-order valence-corrected chi connectivity index (χ2v) is 13.7. The van der Waals surface area contributed by atoms with E-state index in [1.165, 1.54) is 45.8 Å². The van der Waals surface area contributed by atoms with Crippen LogP contribution in [0.4, 0.5) is 5.13 Å². The van der Waals surface area contributed by atoms with Crippen LogP contribution in [0.3, 0.4) is 0 Å². The molecule has 0 radical (unpaired) electrons. The predicted octanol–water partition coefficient (Wildman–Crippen LogP) is 2.23. The Kier molecular flexibility index (Phi) is 8.50. The highest BCUT2D eigenvalue weighted by Gasteiger charge is 2.57. The third-order valence-corrected chi connectivity index (χ3v) is 11.2. The van der Waals surface area contributed by atoms with Gasteiger partial charge in [0.2, 0.25) is 5.91 Å². The van der Waals surface area contributed by atoms with Gasteiger partial charge in [0.15, 0.2) is 15.2 Å². The van der Waals surface area contributed by atoms with Gasteiger partial charge in [0.1, 0.15) is 40.4 Å². The molecule has 2 aliphatic rings. The second kappa shape index (κ2) is 11.9. The summed E-state index contributed by atoms with van der Waals surface area (Å²) in [6, 6.07) is 3.98. The lowest BCUT2D eigenvalue weighted by atomic mass is 9.89. The summed E-state index contributed by atoms with van der Waals surface area (Å²) in [5.41, 5.74) is 6.77. The van der Waals surface area contributed by atoms with E-state index in [1.54, 1.807) is 23.0 Å².